The average molecular weight is 498 g/mol. The second-order valence-electron chi connectivity index (χ2n) is 9.68. The molecule has 36 heavy (non-hydrogen) atoms. The molecule has 1 saturated carbocycles. The van der Waals surface area contributed by atoms with Crippen LogP contribution >= 0.6 is 0 Å². The predicted molar refractivity (Wildman–Crippen MR) is 134 cm³/mol. The topological polar surface area (TPSA) is 117 Å². The van der Waals surface area contributed by atoms with E-state index < -0.39 is 6.16 Å². The van der Waals surface area contributed by atoms with Crippen LogP contribution in [0.4, 0.5) is 15.4 Å². The molecule has 0 bridgehead atoms. The number of carboxylic acid groups (broad SMARTS) is 1. The zero-order chi connectivity index (χ0) is 25.7. The zero-order valence-electron chi connectivity index (χ0n) is 20.9. The average Bonchev–Trinajstić information content (AvgIpc) is 3.28. The van der Waals surface area contributed by atoms with Gasteiger partial charge in [0.2, 0.25) is 11.7 Å². The van der Waals surface area contributed by atoms with Gasteiger partial charge in [-0.2, -0.15) is 0 Å². The summed E-state index contributed by atoms with van der Waals surface area (Å²) in [5, 5.41) is 16.9. The number of anilines is 1. The van der Waals surface area contributed by atoms with Crippen LogP contribution in [-0.2, 0) is 4.79 Å². The fraction of sp³-hybridized carbons (Fsp3) is 0.538. The van der Waals surface area contributed by atoms with Gasteiger partial charge in [-0.25, -0.2) is 14.3 Å². The van der Waals surface area contributed by atoms with Gasteiger partial charge in [-0.05, 0) is 63.5 Å². The Morgan fingerprint density at radius 2 is 1.75 bits per heavy atom. The van der Waals surface area contributed by atoms with Crippen LogP contribution in [0.15, 0.2) is 36.5 Å². The van der Waals surface area contributed by atoms with E-state index in [9.17, 15) is 19.5 Å². The predicted octanol–water partition coefficient (Wildman–Crippen LogP) is 4.28. The van der Waals surface area contributed by atoms with E-state index >= 15 is 0 Å². The minimum atomic E-state index is -1.46. The van der Waals surface area contributed by atoms with Crippen molar-refractivity contribution in [2.24, 2.45) is 11.8 Å². The Kier molecular flexibility index (Phi) is 8.12. The minimum Gasteiger partial charge on any atom is -0.449 e. The van der Waals surface area contributed by atoms with Crippen molar-refractivity contribution in [1.29, 1.82) is 0 Å². The fourth-order valence-electron chi connectivity index (χ4n) is 5.15. The molecule has 1 aromatic carbocycles. The molecule has 2 fully saturated rings. The summed E-state index contributed by atoms with van der Waals surface area (Å²) < 4.78 is 6.67. The number of hydrogen-bond acceptors (Lipinski definition) is 5. The number of carbonyl (C=O) groups is 3. The third-order valence-electron chi connectivity index (χ3n) is 7.16. The number of ether oxygens (including phenoxy) is 1. The van der Waals surface area contributed by atoms with E-state index in [2.05, 4.69) is 17.3 Å². The molecule has 1 aliphatic heterocycles. The maximum atomic E-state index is 14.0. The lowest BCUT2D eigenvalue weighted by atomic mass is 9.82. The van der Waals surface area contributed by atoms with Crippen molar-refractivity contribution in [1.82, 2.24) is 20.0 Å². The summed E-state index contributed by atoms with van der Waals surface area (Å²) in [5.74, 6) is 0.622. The van der Waals surface area contributed by atoms with E-state index in [0.29, 0.717) is 38.4 Å². The van der Waals surface area contributed by atoms with Crippen molar-refractivity contribution in [2.75, 3.05) is 24.5 Å². The SMILES string of the molecule is CCNC(=O)N1CCC(N(C(=O)C2CCC(C)CC2)c2nn(-c3ccccc3)cc2OC(=O)O)CC1. The van der Waals surface area contributed by atoms with Crippen molar-refractivity contribution < 1.29 is 24.2 Å². The Morgan fingerprint density at radius 1 is 1.08 bits per heavy atom. The van der Waals surface area contributed by atoms with Crippen molar-refractivity contribution in [2.45, 2.75) is 58.4 Å². The first-order valence-corrected chi connectivity index (χ1v) is 12.8. The largest absolute Gasteiger partial charge is 0.511 e. The van der Waals surface area contributed by atoms with Gasteiger partial charge in [0.15, 0.2) is 5.75 Å². The lowest BCUT2D eigenvalue weighted by Gasteiger charge is -2.39. The van der Waals surface area contributed by atoms with E-state index in [1.165, 1.54) is 6.20 Å². The molecular formula is C26H35N5O5. The molecule has 2 heterocycles. The number of benzene rings is 1. The molecule has 194 valence electrons. The Hall–Kier alpha value is -3.56. The first kappa shape index (κ1) is 25.5. The highest BCUT2D eigenvalue weighted by Crippen LogP contribution is 2.37. The van der Waals surface area contributed by atoms with Gasteiger partial charge in [-0.1, -0.05) is 25.1 Å². The van der Waals surface area contributed by atoms with Crippen molar-refractivity contribution >= 4 is 23.9 Å². The van der Waals surface area contributed by atoms with Crippen LogP contribution in [0.3, 0.4) is 0 Å². The number of para-hydroxylation sites is 1. The van der Waals surface area contributed by atoms with Gasteiger partial charge >= 0.3 is 12.2 Å². The first-order chi connectivity index (χ1) is 17.4. The number of aromatic nitrogens is 2. The maximum Gasteiger partial charge on any atom is 0.511 e. The monoisotopic (exact) mass is 497 g/mol. The van der Waals surface area contributed by atoms with E-state index in [-0.39, 0.29) is 35.5 Å². The number of hydrogen-bond donors (Lipinski definition) is 2. The molecule has 0 atom stereocenters. The number of carbonyl (C=O) groups excluding carboxylic acids is 2. The summed E-state index contributed by atoms with van der Waals surface area (Å²) in [5.41, 5.74) is 0.726. The van der Waals surface area contributed by atoms with Gasteiger partial charge in [0, 0.05) is 31.6 Å². The molecule has 3 amide bonds. The number of likely N-dealkylation sites (tertiary alicyclic amines) is 1. The standard InChI is InChI=1S/C26H35N5O5/c1-3-27-25(33)29-15-13-21(14-16-29)31(24(32)19-11-9-18(2)10-12-19)23-22(36-26(34)35)17-30(28-23)20-7-5-4-6-8-20/h4-8,17-19,21H,3,9-16H2,1-2H3,(H,27,33)(H,34,35). The molecule has 2 aromatic rings. The Bertz CT molecular complexity index is 1060. The van der Waals surface area contributed by atoms with Gasteiger partial charge in [0.1, 0.15) is 0 Å². The van der Waals surface area contributed by atoms with Gasteiger partial charge in [-0.3, -0.25) is 9.69 Å². The number of piperidine rings is 1. The van der Waals surface area contributed by atoms with Crippen LogP contribution < -0.4 is 15.0 Å². The molecule has 2 aliphatic rings. The minimum absolute atomic E-state index is 0.0232. The van der Waals surface area contributed by atoms with Crippen LogP contribution in [0.1, 0.15) is 52.4 Å². The lowest BCUT2D eigenvalue weighted by Crippen LogP contribution is -2.52. The number of nitrogens with zero attached hydrogens (tertiary/aromatic N) is 4. The quantitative estimate of drug-likeness (QED) is 0.575. The molecule has 1 saturated heterocycles. The highest BCUT2D eigenvalue weighted by molar-refractivity contribution is 5.96. The second-order valence-corrected chi connectivity index (χ2v) is 9.68. The summed E-state index contributed by atoms with van der Waals surface area (Å²) in [6, 6.07) is 8.96. The third-order valence-corrected chi connectivity index (χ3v) is 7.16. The van der Waals surface area contributed by atoms with E-state index in [0.717, 1.165) is 31.4 Å². The van der Waals surface area contributed by atoms with Crippen LogP contribution in [0, 0.1) is 11.8 Å². The van der Waals surface area contributed by atoms with Gasteiger partial charge in [-0.15, -0.1) is 5.10 Å². The lowest BCUT2D eigenvalue weighted by molar-refractivity contribution is -0.124. The van der Waals surface area contributed by atoms with E-state index in [4.69, 9.17) is 4.74 Å². The zero-order valence-corrected chi connectivity index (χ0v) is 20.9. The van der Waals surface area contributed by atoms with E-state index in [1.807, 2.05) is 37.3 Å². The first-order valence-electron chi connectivity index (χ1n) is 12.8. The van der Waals surface area contributed by atoms with E-state index in [1.54, 1.807) is 14.5 Å². The van der Waals surface area contributed by atoms with Crippen molar-refractivity contribution in [3.63, 3.8) is 0 Å². The number of amides is 3. The van der Waals surface area contributed by atoms with Gasteiger partial charge < -0.3 is 20.1 Å². The summed E-state index contributed by atoms with van der Waals surface area (Å²) in [4.78, 5) is 41.3. The molecule has 10 nitrogen and oxygen atoms in total. The molecule has 10 heteroatoms. The normalized spacial score (nSPS) is 20.6. The van der Waals surface area contributed by atoms with Crippen LogP contribution in [-0.4, -0.2) is 63.6 Å². The molecule has 0 unspecified atom stereocenters. The fourth-order valence-corrected chi connectivity index (χ4v) is 5.15. The second kappa shape index (κ2) is 11.5. The Morgan fingerprint density at radius 3 is 2.36 bits per heavy atom. The molecule has 0 spiro atoms. The number of urea groups is 1. The van der Waals surface area contributed by atoms with Gasteiger partial charge in [0.05, 0.1) is 11.9 Å². The smallest absolute Gasteiger partial charge is 0.449 e. The molecular weight excluding hydrogens is 462 g/mol. The maximum absolute atomic E-state index is 14.0. The molecule has 2 N–H and O–H groups in total. The van der Waals surface area contributed by atoms with Crippen LogP contribution in [0.2, 0.25) is 0 Å². The highest BCUT2D eigenvalue weighted by atomic mass is 16.7. The number of rotatable bonds is 6. The van der Waals surface area contributed by atoms with Crippen molar-refractivity contribution in [3.05, 3.63) is 36.5 Å². The third kappa shape index (κ3) is 5.80. The molecule has 0 radical (unpaired) electrons. The molecule has 4 rings (SSSR count). The summed E-state index contributed by atoms with van der Waals surface area (Å²) >= 11 is 0. The van der Waals surface area contributed by atoms with Crippen LogP contribution in [0.25, 0.3) is 5.69 Å². The Labute approximate surface area is 211 Å². The Balaban J connectivity index is 1.68. The van der Waals surface area contributed by atoms with Gasteiger partial charge in [0.25, 0.3) is 0 Å². The highest BCUT2D eigenvalue weighted by Gasteiger charge is 2.38. The molecule has 1 aromatic heterocycles. The number of nitrogens with one attached hydrogen (secondary N) is 1. The van der Waals surface area contributed by atoms with Crippen LogP contribution in [0.5, 0.6) is 5.75 Å². The summed E-state index contributed by atoms with van der Waals surface area (Å²) in [6.07, 6.45) is 4.73. The van der Waals surface area contributed by atoms with Crippen molar-refractivity contribution in [3.8, 4) is 11.4 Å². The summed E-state index contributed by atoms with van der Waals surface area (Å²) in [6.45, 7) is 5.63. The summed E-state index contributed by atoms with van der Waals surface area (Å²) in [7, 11) is 0. The molecule has 1 aliphatic carbocycles.